The van der Waals surface area contributed by atoms with Gasteiger partial charge in [-0.15, -0.1) is 0 Å². The van der Waals surface area contributed by atoms with Gasteiger partial charge in [0.1, 0.15) is 11.6 Å². The number of nitrogens with zero attached hydrogens (tertiary/aromatic N) is 3. The summed E-state index contributed by atoms with van der Waals surface area (Å²) in [5, 5.41) is 0. The maximum absolute atomic E-state index is 5.78. The van der Waals surface area contributed by atoms with Gasteiger partial charge in [0, 0.05) is 18.7 Å². The van der Waals surface area contributed by atoms with Gasteiger partial charge in [-0.2, -0.15) is 9.97 Å². The minimum Gasteiger partial charge on any atom is -0.383 e. The van der Waals surface area contributed by atoms with Gasteiger partial charge in [-0.25, -0.2) is 0 Å². The molecule has 5 heteroatoms. The second kappa shape index (κ2) is 4.63. The molecule has 2 aliphatic rings. The van der Waals surface area contributed by atoms with E-state index in [9.17, 15) is 0 Å². The predicted octanol–water partition coefficient (Wildman–Crippen LogP) is 1.80. The number of anilines is 3. The molecule has 2 fully saturated rings. The summed E-state index contributed by atoms with van der Waals surface area (Å²) in [6.45, 7) is 1.07. The lowest BCUT2D eigenvalue weighted by molar-refractivity contribution is 0.243. The molecule has 0 amide bonds. The molecule has 98 valence electrons. The first-order valence-electron chi connectivity index (χ1n) is 6.91. The highest BCUT2D eigenvalue weighted by Gasteiger charge is 2.34. The van der Waals surface area contributed by atoms with E-state index in [1.54, 1.807) is 0 Å². The number of hydrogen-bond acceptors (Lipinski definition) is 5. The third-order valence-corrected chi connectivity index (χ3v) is 4.29. The van der Waals surface area contributed by atoms with Crippen molar-refractivity contribution in [2.75, 3.05) is 22.9 Å². The summed E-state index contributed by atoms with van der Waals surface area (Å²) in [6.07, 6.45) is 7.94. The molecule has 1 saturated heterocycles. The van der Waals surface area contributed by atoms with Gasteiger partial charge in [0.05, 0.1) is 0 Å². The molecular formula is C13H21N5. The van der Waals surface area contributed by atoms with Gasteiger partial charge < -0.3 is 16.4 Å². The molecule has 3 rings (SSSR count). The molecule has 18 heavy (non-hydrogen) atoms. The first-order chi connectivity index (χ1) is 8.74. The van der Waals surface area contributed by atoms with Gasteiger partial charge in [-0.05, 0) is 31.6 Å². The molecule has 4 N–H and O–H groups in total. The average molecular weight is 247 g/mol. The summed E-state index contributed by atoms with van der Waals surface area (Å²) in [6, 6.07) is 2.48. The lowest BCUT2D eigenvalue weighted by atomic mass is 9.78. The molecule has 0 radical (unpaired) electrons. The van der Waals surface area contributed by atoms with E-state index in [0.717, 1.165) is 18.3 Å². The Hall–Kier alpha value is -1.52. The topological polar surface area (TPSA) is 81.1 Å². The van der Waals surface area contributed by atoms with E-state index in [2.05, 4.69) is 14.9 Å². The standard InChI is InChI=1S/C13H21N5/c14-11-8-12(17-13(15)16-11)18-7-3-5-9-4-1-2-6-10(9)18/h8-10H,1-7H2,(H4,14,15,16,17). The van der Waals surface area contributed by atoms with Gasteiger partial charge in [0.15, 0.2) is 0 Å². The van der Waals surface area contributed by atoms with Crippen molar-refractivity contribution in [2.45, 2.75) is 44.6 Å². The summed E-state index contributed by atoms with van der Waals surface area (Å²) in [5.74, 6) is 2.49. The average Bonchev–Trinajstić information content (AvgIpc) is 2.37. The summed E-state index contributed by atoms with van der Waals surface area (Å²) >= 11 is 0. The number of piperidine rings is 1. The molecule has 2 unspecified atom stereocenters. The van der Waals surface area contributed by atoms with Crippen LogP contribution >= 0.6 is 0 Å². The highest BCUT2D eigenvalue weighted by molar-refractivity contribution is 5.51. The van der Waals surface area contributed by atoms with Crippen LogP contribution in [0.3, 0.4) is 0 Å². The first kappa shape index (κ1) is 11.6. The third-order valence-electron chi connectivity index (χ3n) is 4.29. The van der Waals surface area contributed by atoms with Crippen LogP contribution < -0.4 is 16.4 Å². The van der Waals surface area contributed by atoms with E-state index in [-0.39, 0.29) is 5.95 Å². The molecule has 2 atom stereocenters. The number of hydrogen-bond donors (Lipinski definition) is 2. The van der Waals surface area contributed by atoms with Gasteiger partial charge in [-0.3, -0.25) is 0 Å². The molecule has 5 nitrogen and oxygen atoms in total. The minimum absolute atomic E-state index is 0.280. The van der Waals surface area contributed by atoms with Crippen molar-refractivity contribution in [3.8, 4) is 0 Å². The minimum atomic E-state index is 0.280. The Morgan fingerprint density at radius 1 is 1.06 bits per heavy atom. The Kier molecular flexibility index (Phi) is 2.97. The summed E-state index contributed by atoms with van der Waals surface area (Å²) in [4.78, 5) is 10.7. The van der Waals surface area contributed by atoms with E-state index in [0.29, 0.717) is 11.9 Å². The van der Waals surface area contributed by atoms with Crippen molar-refractivity contribution >= 4 is 17.6 Å². The predicted molar refractivity (Wildman–Crippen MR) is 73.2 cm³/mol. The fourth-order valence-corrected chi connectivity index (χ4v) is 3.53. The highest BCUT2D eigenvalue weighted by atomic mass is 15.2. The van der Waals surface area contributed by atoms with E-state index < -0.39 is 0 Å². The van der Waals surface area contributed by atoms with E-state index in [1.165, 1.54) is 38.5 Å². The monoisotopic (exact) mass is 247 g/mol. The molecule has 0 bridgehead atoms. The van der Waals surface area contributed by atoms with Crippen LogP contribution in [-0.2, 0) is 0 Å². The normalized spacial score (nSPS) is 27.9. The van der Waals surface area contributed by atoms with Gasteiger partial charge in [0.25, 0.3) is 0 Å². The Morgan fingerprint density at radius 2 is 1.83 bits per heavy atom. The van der Waals surface area contributed by atoms with Crippen LogP contribution in [0.15, 0.2) is 6.07 Å². The Balaban J connectivity index is 1.89. The van der Waals surface area contributed by atoms with Crippen molar-refractivity contribution in [2.24, 2.45) is 5.92 Å². The largest absolute Gasteiger partial charge is 0.383 e. The lowest BCUT2D eigenvalue weighted by Crippen LogP contribution is -2.47. The van der Waals surface area contributed by atoms with Crippen molar-refractivity contribution < 1.29 is 0 Å². The first-order valence-corrected chi connectivity index (χ1v) is 6.91. The third kappa shape index (κ3) is 2.09. The number of rotatable bonds is 1. The van der Waals surface area contributed by atoms with E-state index in [1.807, 2.05) is 6.07 Å². The fraction of sp³-hybridized carbons (Fsp3) is 0.692. The Morgan fingerprint density at radius 3 is 2.67 bits per heavy atom. The van der Waals surface area contributed by atoms with Crippen LogP contribution in [0.1, 0.15) is 38.5 Å². The van der Waals surface area contributed by atoms with Crippen LogP contribution in [0.25, 0.3) is 0 Å². The molecule has 2 heterocycles. The Bertz CT molecular complexity index is 411. The van der Waals surface area contributed by atoms with Crippen LogP contribution in [0.5, 0.6) is 0 Å². The quantitative estimate of drug-likeness (QED) is 0.791. The molecule has 0 spiro atoms. The van der Waals surface area contributed by atoms with Crippen molar-refractivity contribution in [3.63, 3.8) is 0 Å². The summed E-state index contributed by atoms with van der Waals surface area (Å²) < 4.78 is 0. The maximum atomic E-state index is 5.78. The molecule has 1 saturated carbocycles. The molecule has 1 aliphatic heterocycles. The molecule has 1 aromatic rings. The highest BCUT2D eigenvalue weighted by Crippen LogP contribution is 2.37. The fourth-order valence-electron chi connectivity index (χ4n) is 3.53. The number of nitrogen functional groups attached to an aromatic ring is 2. The van der Waals surface area contributed by atoms with Gasteiger partial charge in [0.2, 0.25) is 5.95 Å². The SMILES string of the molecule is Nc1cc(N2CCCC3CCCCC32)nc(N)n1. The van der Waals surface area contributed by atoms with Crippen molar-refractivity contribution in [1.82, 2.24) is 9.97 Å². The summed E-state index contributed by atoms with van der Waals surface area (Å²) in [7, 11) is 0. The van der Waals surface area contributed by atoms with Crippen molar-refractivity contribution in [1.29, 1.82) is 0 Å². The second-order valence-electron chi connectivity index (χ2n) is 5.46. The lowest BCUT2D eigenvalue weighted by Gasteiger charge is -2.44. The molecule has 0 aromatic carbocycles. The number of fused-ring (bicyclic) bond motifs is 1. The molecular weight excluding hydrogens is 226 g/mol. The van der Waals surface area contributed by atoms with Crippen LogP contribution in [-0.4, -0.2) is 22.6 Å². The van der Waals surface area contributed by atoms with Crippen LogP contribution in [0.2, 0.25) is 0 Å². The number of aromatic nitrogens is 2. The summed E-state index contributed by atoms with van der Waals surface area (Å²) in [5.41, 5.74) is 11.5. The van der Waals surface area contributed by atoms with Gasteiger partial charge >= 0.3 is 0 Å². The maximum Gasteiger partial charge on any atom is 0.223 e. The van der Waals surface area contributed by atoms with Crippen LogP contribution in [0, 0.1) is 5.92 Å². The smallest absolute Gasteiger partial charge is 0.223 e. The van der Waals surface area contributed by atoms with Gasteiger partial charge in [-0.1, -0.05) is 12.8 Å². The van der Waals surface area contributed by atoms with Crippen molar-refractivity contribution in [3.05, 3.63) is 6.07 Å². The van der Waals surface area contributed by atoms with E-state index >= 15 is 0 Å². The molecule has 1 aromatic heterocycles. The van der Waals surface area contributed by atoms with Crippen LogP contribution in [0.4, 0.5) is 17.6 Å². The zero-order chi connectivity index (χ0) is 12.5. The Labute approximate surface area is 108 Å². The van der Waals surface area contributed by atoms with E-state index in [4.69, 9.17) is 11.5 Å². The number of nitrogens with two attached hydrogens (primary N) is 2. The second-order valence-corrected chi connectivity index (χ2v) is 5.46. The zero-order valence-electron chi connectivity index (χ0n) is 10.7. The molecule has 1 aliphatic carbocycles. The zero-order valence-corrected chi connectivity index (χ0v) is 10.7.